The van der Waals surface area contributed by atoms with Gasteiger partial charge >= 0.3 is 5.97 Å². The minimum absolute atomic E-state index is 0.0456. The molecule has 5 rings (SSSR count). The highest BCUT2D eigenvalue weighted by molar-refractivity contribution is 7.90. The molecule has 0 fully saturated rings. The number of carboxylic acids is 1. The summed E-state index contributed by atoms with van der Waals surface area (Å²) in [6.07, 6.45) is 1.04. The molecule has 0 radical (unpaired) electrons. The highest BCUT2D eigenvalue weighted by Gasteiger charge is 2.29. The van der Waals surface area contributed by atoms with E-state index in [4.69, 9.17) is 23.3 Å². The van der Waals surface area contributed by atoms with Gasteiger partial charge in [0, 0.05) is 33.5 Å². The zero-order chi connectivity index (χ0) is 26.9. The number of thiophene rings is 1. The Labute approximate surface area is 229 Å². The number of hydrogen-bond acceptors (Lipinski definition) is 4. The number of fused-ring (bicyclic) bond motifs is 1. The third-order valence-electron chi connectivity index (χ3n) is 6.26. The van der Waals surface area contributed by atoms with Crippen molar-refractivity contribution in [1.29, 1.82) is 0 Å². The van der Waals surface area contributed by atoms with Gasteiger partial charge < -0.3 is 5.11 Å². The van der Waals surface area contributed by atoms with Gasteiger partial charge in [-0.05, 0) is 60.2 Å². The predicted octanol–water partition coefficient (Wildman–Crippen LogP) is 7.89. The molecule has 9 heteroatoms. The summed E-state index contributed by atoms with van der Waals surface area (Å²) in [6, 6.07) is 22.6. The third kappa shape index (κ3) is 4.72. The summed E-state index contributed by atoms with van der Waals surface area (Å²) in [5.74, 6) is -0.859. The van der Waals surface area contributed by atoms with Crippen LogP contribution < -0.4 is 0 Å². The summed E-state index contributed by atoms with van der Waals surface area (Å²) in [6.45, 7) is 7.71. The van der Waals surface area contributed by atoms with Crippen LogP contribution in [0.2, 0.25) is 5.02 Å². The molecule has 5 aromatic rings. The van der Waals surface area contributed by atoms with Crippen molar-refractivity contribution >= 4 is 54.8 Å². The van der Waals surface area contributed by atoms with Crippen LogP contribution in [0.1, 0.15) is 18.4 Å². The number of rotatable bonds is 8. The second-order valence-corrected chi connectivity index (χ2v) is 11.8. The fraction of sp³-hybridized carbons (Fsp3) is 0.103. The van der Waals surface area contributed by atoms with E-state index >= 15 is 0 Å². The van der Waals surface area contributed by atoms with Crippen LogP contribution in [-0.2, 0) is 21.2 Å². The molecule has 0 saturated carbocycles. The average molecular weight is 561 g/mol. The van der Waals surface area contributed by atoms with Gasteiger partial charge in [-0.1, -0.05) is 54.1 Å². The molecule has 0 amide bonds. The monoisotopic (exact) mass is 560 g/mol. The molecule has 0 aliphatic carbocycles. The SMILES string of the molecule is [C-]#[N+]c1sccc1-c1c(-c2cccc(CCCC(=O)O)c2)n(S(=O)(=O)c2ccc(Cl)cc2)c2ccccc12. The van der Waals surface area contributed by atoms with Crippen LogP contribution in [0.4, 0.5) is 5.00 Å². The van der Waals surface area contributed by atoms with E-state index in [1.54, 1.807) is 24.3 Å². The molecule has 1 N–H and O–H groups in total. The normalized spacial score (nSPS) is 11.5. The van der Waals surface area contributed by atoms with E-state index < -0.39 is 16.0 Å². The molecule has 0 saturated heterocycles. The quantitative estimate of drug-likeness (QED) is 0.196. The number of aromatic nitrogens is 1. The molecular formula is C29H21ClN2O4S2. The van der Waals surface area contributed by atoms with Crippen molar-refractivity contribution < 1.29 is 18.3 Å². The van der Waals surface area contributed by atoms with Crippen LogP contribution in [-0.4, -0.2) is 23.5 Å². The number of para-hydroxylation sites is 1. The maximum atomic E-state index is 14.2. The smallest absolute Gasteiger partial charge is 0.303 e. The minimum Gasteiger partial charge on any atom is -0.481 e. The summed E-state index contributed by atoms with van der Waals surface area (Å²) < 4.78 is 29.8. The first-order chi connectivity index (χ1) is 18.3. The number of carbonyl (C=O) groups is 1. The number of aliphatic carboxylic acids is 1. The highest BCUT2D eigenvalue weighted by atomic mass is 35.5. The first kappa shape index (κ1) is 25.7. The Kier molecular flexibility index (Phi) is 7.09. The zero-order valence-corrected chi connectivity index (χ0v) is 22.4. The predicted molar refractivity (Wildman–Crippen MR) is 152 cm³/mol. The van der Waals surface area contributed by atoms with Crippen molar-refractivity contribution in [2.75, 3.05) is 0 Å². The van der Waals surface area contributed by atoms with E-state index in [1.165, 1.54) is 27.4 Å². The van der Waals surface area contributed by atoms with E-state index in [1.807, 2.05) is 47.8 Å². The number of aryl methyl sites for hydroxylation is 1. The molecule has 38 heavy (non-hydrogen) atoms. The van der Waals surface area contributed by atoms with Crippen LogP contribution >= 0.6 is 22.9 Å². The minimum atomic E-state index is -4.09. The van der Waals surface area contributed by atoms with Crippen LogP contribution in [0.5, 0.6) is 0 Å². The van der Waals surface area contributed by atoms with Crippen molar-refractivity contribution in [3.8, 4) is 22.4 Å². The molecule has 0 atom stereocenters. The second-order valence-electron chi connectivity index (χ2n) is 8.66. The third-order valence-corrected chi connectivity index (χ3v) is 9.04. The van der Waals surface area contributed by atoms with E-state index in [2.05, 4.69) is 4.85 Å². The van der Waals surface area contributed by atoms with Crippen molar-refractivity contribution in [1.82, 2.24) is 3.97 Å². The van der Waals surface area contributed by atoms with Gasteiger partial charge in [-0.2, -0.15) is 11.3 Å². The molecule has 0 aliphatic heterocycles. The molecule has 6 nitrogen and oxygen atoms in total. The first-order valence-electron chi connectivity index (χ1n) is 11.7. The summed E-state index contributed by atoms with van der Waals surface area (Å²) in [7, 11) is -4.09. The molecule has 190 valence electrons. The van der Waals surface area contributed by atoms with Crippen LogP contribution in [0, 0.1) is 6.57 Å². The Balaban J connectivity index is 1.84. The van der Waals surface area contributed by atoms with Crippen LogP contribution in [0.3, 0.4) is 0 Å². The van der Waals surface area contributed by atoms with Crippen molar-refractivity contribution in [2.24, 2.45) is 0 Å². The average Bonchev–Trinajstić information content (AvgIpc) is 3.51. The van der Waals surface area contributed by atoms with Gasteiger partial charge in [-0.15, -0.1) is 0 Å². The standard InChI is InChI=1S/C29H21ClN2O4S2/c1-31-29-24(16-17-37-29)27-23-9-2-3-10-25(23)32(38(35,36)22-14-12-21(30)13-15-22)28(27)20-8-4-6-19(18-20)7-5-11-26(33)34/h2-4,6,8-10,12-18H,5,7,11H2,(H,33,34). The van der Waals surface area contributed by atoms with Gasteiger partial charge in [-0.25, -0.2) is 17.2 Å². The van der Waals surface area contributed by atoms with Crippen molar-refractivity contribution in [3.05, 3.63) is 106 Å². The summed E-state index contributed by atoms with van der Waals surface area (Å²) in [4.78, 5) is 14.8. The summed E-state index contributed by atoms with van der Waals surface area (Å²) in [5.41, 5.74) is 3.82. The maximum Gasteiger partial charge on any atom is 0.303 e. The lowest BCUT2D eigenvalue weighted by Gasteiger charge is -2.15. The molecule has 0 spiro atoms. The molecular weight excluding hydrogens is 540 g/mol. The Morgan fingerprint density at radius 2 is 1.79 bits per heavy atom. The molecule has 2 heterocycles. The van der Waals surface area contributed by atoms with E-state index in [0.29, 0.717) is 56.2 Å². The van der Waals surface area contributed by atoms with Crippen LogP contribution in [0.25, 0.3) is 38.1 Å². The summed E-state index contributed by atoms with van der Waals surface area (Å²) >= 11 is 7.35. The Morgan fingerprint density at radius 3 is 2.53 bits per heavy atom. The maximum absolute atomic E-state index is 14.2. The second kappa shape index (κ2) is 10.5. The Bertz CT molecular complexity index is 1810. The van der Waals surface area contributed by atoms with Gasteiger partial charge in [0.2, 0.25) is 5.00 Å². The van der Waals surface area contributed by atoms with E-state index in [9.17, 15) is 13.2 Å². The number of carboxylic acid groups (broad SMARTS) is 1. The van der Waals surface area contributed by atoms with Crippen molar-refractivity contribution in [2.45, 2.75) is 24.2 Å². The number of nitrogens with zero attached hydrogens (tertiary/aromatic N) is 2. The molecule has 0 aliphatic rings. The molecule has 0 unspecified atom stereocenters. The lowest BCUT2D eigenvalue weighted by molar-refractivity contribution is -0.137. The van der Waals surface area contributed by atoms with Gasteiger partial charge in [-0.3, -0.25) is 4.79 Å². The summed E-state index contributed by atoms with van der Waals surface area (Å²) in [5, 5.41) is 12.5. The van der Waals surface area contributed by atoms with Gasteiger partial charge in [0.15, 0.2) is 0 Å². The van der Waals surface area contributed by atoms with Gasteiger partial charge in [0.1, 0.15) is 0 Å². The topological polar surface area (TPSA) is 80.7 Å². The first-order valence-corrected chi connectivity index (χ1v) is 14.4. The molecule has 0 bridgehead atoms. The Hall–Kier alpha value is -3.90. The van der Waals surface area contributed by atoms with Crippen LogP contribution in [0.15, 0.2) is 89.1 Å². The van der Waals surface area contributed by atoms with E-state index in [-0.39, 0.29) is 11.3 Å². The lowest BCUT2D eigenvalue weighted by Crippen LogP contribution is -2.14. The van der Waals surface area contributed by atoms with E-state index in [0.717, 1.165) is 5.56 Å². The fourth-order valence-electron chi connectivity index (χ4n) is 4.60. The fourth-order valence-corrected chi connectivity index (χ4v) is 6.96. The number of halogens is 1. The number of hydrogen-bond donors (Lipinski definition) is 1. The van der Waals surface area contributed by atoms with Crippen molar-refractivity contribution in [3.63, 3.8) is 0 Å². The molecule has 3 aromatic carbocycles. The van der Waals surface area contributed by atoms with Gasteiger partial charge in [0.05, 0.1) is 22.7 Å². The highest BCUT2D eigenvalue weighted by Crippen LogP contribution is 2.47. The lowest BCUT2D eigenvalue weighted by atomic mass is 9.98. The Morgan fingerprint density at radius 1 is 1.03 bits per heavy atom. The van der Waals surface area contributed by atoms with Gasteiger partial charge in [0.25, 0.3) is 10.0 Å². The zero-order valence-electron chi connectivity index (χ0n) is 20.0. The molecule has 2 aromatic heterocycles. The largest absolute Gasteiger partial charge is 0.481 e. The number of benzene rings is 3.